The summed E-state index contributed by atoms with van der Waals surface area (Å²) < 4.78 is 40.4. The molecular weight excluding hydrogens is 311 g/mol. The second-order valence-corrected chi connectivity index (χ2v) is 7.65. The van der Waals surface area contributed by atoms with E-state index < -0.39 is 15.8 Å². The molecule has 0 fully saturated rings. The van der Waals surface area contributed by atoms with E-state index in [1.807, 2.05) is 11.8 Å². The fourth-order valence-corrected chi connectivity index (χ4v) is 3.82. The molecule has 0 atom stereocenters. The van der Waals surface area contributed by atoms with Gasteiger partial charge in [-0.05, 0) is 43.9 Å². The molecule has 0 aliphatic rings. The lowest BCUT2D eigenvalue weighted by Gasteiger charge is -2.11. The molecule has 1 aromatic rings. The molecule has 21 heavy (non-hydrogen) atoms. The van der Waals surface area contributed by atoms with Crippen molar-refractivity contribution in [3.05, 3.63) is 23.5 Å². The first-order valence-corrected chi connectivity index (χ1v) is 9.80. The summed E-state index contributed by atoms with van der Waals surface area (Å²) in [5.74, 6) is 0.528. The Balaban J connectivity index is 2.55. The smallest absolute Gasteiger partial charge is 0.241 e. The number of nitrogen functional groups attached to an aromatic ring is 1. The van der Waals surface area contributed by atoms with Gasteiger partial charge in [0.25, 0.3) is 0 Å². The SMILES string of the molecule is CSCCCCCCNS(=O)(=O)c1cc(N)cc(F)c1C. The maximum atomic E-state index is 13.6. The number of benzene rings is 1. The summed E-state index contributed by atoms with van der Waals surface area (Å²) in [4.78, 5) is -0.0811. The molecule has 0 spiro atoms. The van der Waals surface area contributed by atoms with Crippen molar-refractivity contribution in [2.24, 2.45) is 0 Å². The lowest BCUT2D eigenvalue weighted by molar-refractivity contribution is 0.568. The number of sulfonamides is 1. The first kappa shape index (κ1) is 18.3. The summed E-state index contributed by atoms with van der Waals surface area (Å²) in [5, 5.41) is 0. The number of halogens is 1. The van der Waals surface area contributed by atoms with E-state index in [0.29, 0.717) is 6.54 Å². The second-order valence-electron chi connectivity index (χ2n) is 4.93. The van der Waals surface area contributed by atoms with Crippen LogP contribution in [0.4, 0.5) is 10.1 Å². The zero-order valence-electron chi connectivity index (χ0n) is 12.5. The van der Waals surface area contributed by atoms with Crippen LogP contribution < -0.4 is 10.5 Å². The topological polar surface area (TPSA) is 72.2 Å². The Morgan fingerprint density at radius 2 is 1.90 bits per heavy atom. The highest BCUT2D eigenvalue weighted by Gasteiger charge is 2.19. The third kappa shape index (κ3) is 5.84. The molecule has 7 heteroatoms. The highest BCUT2D eigenvalue weighted by molar-refractivity contribution is 7.98. The van der Waals surface area contributed by atoms with E-state index in [0.717, 1.165) is 37.5 Å². The maximum absolute atomic E-state index is 13.6. The number of hydrogen-bond donors (Lipinski definition) is 2. The number of thioether (sulfide) groups is 1. The highest BCUT2D eigenvalue weighted by atomic mass is 32.2. The number of anilines is 1. The largest absolute Gasteiger partial charge is 0.399 e. The minimum atomic E-state index is -3.71. The molecule has 0 aliphatic carbocycles. The van der Waals surface area contributed by atoms with Crippen LogP contribution in [0.5, 0.6) is 0 Å². The Morgan fingerprint density at radius 1 is 1.24 bits per heavy atom. The molecule has 1 aromatic carbocycles. The number of nitrogens with two attached hydrogens (primary N) is 1. The van der Waals surface area contributed by atoms with E-state index in [-0.39, 0.29) is 16.1 Å². The Kier molecular flexibility index (Phi) is 7.48. The van der Waals surface area contributed by atoms with E-state index in [2.05, 4.69) is 11.0 Å². The molecule has 0 aromatic heterocycles. The number of nitrogens with one attached hydrogen (secondary N) is 1. The van der Waals surface area contributed by atoms with E-state index in [1.54, 1.807) is 0 Å². The van der Waals surface area contributed by atoms with Crippen molar-refractivity contribution in [3.63, 3.8) is 0 Å². The number of hydrogen-bond acceptors (Lipinski definition) is 4. The molecule has 0 saturated carbocycles. The lowest BCUT2D eigenvalue weighted by atomic mass is 10.2. The van der Waals surface area contributed by atoms with E-state index in [9.17, 15) is 12.8 Å². The van der Waals surface area contributed by atoms with Crippen LogP contribution in [0.25, 0.3) is 0 Å². The quantitative estimate of drug-likeness (QED) is 0.538. The van der Waals surface area contributed by atoms with Crippen molar-refractivity contribution in [2.75, 3.05) is 24.3 Å². The van der Waals surface area contributed by atoms with Gasteiger partial charge in [0, 0.05) is 17.8 Å². The van der Waals surface area contributed by atoms with Crippen LogP contribution in [0.15, 0.2) is 17.0 Å². The van der Waals surface area contributed by atoms with Gasteiger partial charge in [-0.3, -0.25) is 0 Å². The third-order valence-electron chi connectivity index (χ3n) is 3.18. The third-order valence-corrected chi connectivity index (χ3v) is 5.46. The molecule has 0 heterocycles. The minimum Gasteiger partial charge on any atom is -0.399 e. The Hall–Kier alpha value is -0.790. The molecular formula is C14H23FN2O2S2. The first-order chi connectivity index (χ1) is 9.88. The summed E-state index contributed by atoms with van der Waals surface area (Å²) in [7, 11) is -3.71. The molecule has 0 saturated heterocycles. The molecule has 0 amide bonds. The van der Waals surface area contributed by atoms with Crippen LogP contribution in [0.3, 0.4) is 0 Å². The monoisotopic (exact) mass is 334 g/mol. The Labute approximate surface area is 130 Å². The van der Waals surface area contributed by atoms with Gasteiger partial charge in [0.1, 0.15) is 5.82 Å². The predicted octanol–water partition coefficient (Wildman–Crippen LogP) is 2.92. The summed E-state index contributed by atoms with van der Waals surface area (Å²) in [6.07, 6.45) is 6.06. The highest BCUT2D eigenvalue weighted by Crippen LogP contribution is 2.21. The average molecular weight is 334 g/mol. The van der Waals surface area contributed by atoms with Gasteiger partial charge < -0.3 is 5.73 Å². The molecule has 120 valence electrons. The number of rotatable bonds is 9. The van der Waals surface area contributed by atoms with Gasteiger partial charge in [-0.15, -0.1) is 0 Å². The Bertz CT molecular complexity index is 562. The van der Waals surface area contributed by atoms with E-state index >= 15 is 0 Å². The van der Waals surface area contributed by atoms with Gasteiger partial charge in [0.2, 0.25) is 10.0 Å². The van der Waals surface area contributed by atoms with E-state index in [4.69, 9.17) is 5.73 Å². The predicted molar refractivity (Wildman–Crippen MR) is 87.6 cm³/mol. The van der Waals surface area contributed by atoms with Crippen molar-refractivity contribution < 1.29 is 12.8 Å². The van der Waals surface area contributed by atoms with Crippen molar-refractivity contribution in [2.45, 2.75) is 37.5 Å². The van der Waals surface area contributed by atoms with Crippen molar-refractivity contribution >= 4 is 27.5 Å². The van der Waals surface area contributed by atoms with Crippen LogP contribution in [-0.2, 0) is 10.0 Å². The maximum Gasteiger partial charge on any atom is 0.241 e. The summed E-state index contributed by atoms with van der Waals surface area (Å²) >= 11 is 1.81. The second kappa shape index (κ2) is 8.60. The van der Waals surface area contributed by atoms with E-state index in [1.165, 1.54) is 13.0 Å². The van der Waals surface area contributed by atoms with Crippen LogP contribution in [0, 0.1) is 12.7 Å². The van der Waals surface area contributed by atoms with Gasteiger partial charge >= 0.3 is 0 Å². The van der Waals surface area contributed by atoms with Crippen LogP contribution in [0.1, 0.15) is 31.2 Å². The van der Waals surface area contributed by atoms with Gasteiger partial charge in [0.05, 0.1) is 4.90 Å². The summed E-state index contributed by atoms with van der Waals surface area (Å²) in [5.41, 5.74) is 5.71. The van der Waals surface area contributed by atoms with Gasteiger partial charge in [-0.2, -0.15) is 11.8 Å². The molecule has 0 bridgehead atoms. The van der Waals surface area contributed by atoms with Gasteiger partial charge in [-0.25, -0.2) is 17.5 Å². The number of unbranched alkanes of at least 4 members (excludes halogenated alkanes) is 3. The van der Waals surface area contributed by atoms with Crippen LogP contribution in [0.2, 0.25) is 0 Å². The van der Waals surface area contributed by atoms with Crippen LogP contribution in [-0.4, -0.2) is 27.0 Å². The standard InChI is InChI=1S/C14H23FN2O2S2/c1-11-13(15)9-12(16)10-14(11)21(18,19)17-7-5-3-4-6-8-20-2/h9-10,17H,3-8,16H2,1-2H3. The van der Waals surface area contributed by atoms with Crippen molar-refractivity contribution in [1.29, 1.82) is 0 Å². The van der Waals surface area contributed by atoms with Crippen LogP contribution >= 0.6 is 11.8 Å². The molecule has 1 rings (SSSR count). The average Bonchev–Trinajstić information content (AvgIpc) is 2.41. The minimum absolute atomic E-state index is 0.0811. The van der Waals surface area contributed by atoms with Crippen molar-refractivity contribution in [1.82, 2.24) is 4.72 Å². The van der Waals surface area contributed by atoms with Crippen molar-refractivity contribution in [3.8, 4) is 0 Å². The normalized spacial score (nSPS) is 11.8. The zero-order valence-corrected chi connectivity index (χ0v) is 14.1. The van der Waals surface area contributed by atoms with Gasteiger partial charge in [-0.1, -0.05) is 12.8 Å². The molecule has 3 N–H and O–H groups in total. The molecule has 0 aliphatic heterocycles. The lowest BCUT2D eigenvalue weighted by Crippen LogP contribution is -2.26. The molecule has 4 nitrogen and oxygen atoms in total. The zero-order chi connectivity index (χ0) is 15.9. The molecule has 0 unspecified atom stereocenters. The summed E-state index contributed by atoms with van der Waals surface area (Å²) in [6.45, 7) is 1.79. The fraction of sp³-hybridized carbons (Fsp3) is 0.571. The Morgan fingerprint density at radius 3 is 2.57 bits per heavy atom. The fourth-order valence-electron chi connectivity index (χ4n) is 1.96. The first-order valence-electron chi connectivity index (χ1n) is 6.92. The molecule has 0 radical (unpaired) electrons. The summed E-state index contributed by atoms with van der Waals surface area (Å²) in [6, 6.07) is 2.42. The van der Waals surface area contributed by atoms with Gasteiger partial charge in [0.15, 0.2) is 0 Å².